The van der Waals surface area contributed by atoms with Crippen molar-refractivity contribution in [3.8, 4) is 0 Å². The van der Waals surface area contributed by atoms with E-state index in [-0.39, 0.29) is 5.91 Å². The Bertz CT molecular complexity index is 599. The van der Waals surface area contributed by atoms with Crippen molar-refractivity contribution in [1.29, 1.82) is 0 Å². The summed E-state index contributed by atoms with van der Waals surface area (Å²) in [7, 11) is 0. The Morgan fingerprint density at radius 3 is 2.74 bits per heavy atom. The topological polar surface area (TPSA) is 25.2 Å². The molecule has 0 bridgehead atoms. The molecule has 100 valence electrons. The summed E-state index contributed by atoms with van der Waals surface area (Å²) in [5, 5.41) is 1.17. The van der Waals surface area contributed by atoms with Crippen LogP contribution in [0.5, 0.6) is 0 Å². The second-order valence-electron chi connectivity index (χ2n) is 5.09. The third-order valence-corrected chi connectivity index (χ3v) is 4.24. The number of hydrogen-bond acceptors (Lipinski definition) is 1. The first-order chi connectivity index (χ1) is 9.24. The normalized spacial score (nSPS) is 15.9. The van der Waals surface area contributed by atoms with Crippen molar-refractivity contribution in [2.45, 2.75) is 25.8 Å². The Morgan fingerprint density at radius 1 is 1.16 bits per heavy atom. The zero-order chi connectivity index (χ0) is 13.2. The standard InChI is InChI=1S/C15H17BrN2O/c16-13-4-5-14-12(10-13)6-9-18(14)11-15(19)17-7-2-1-3-8-17/h4-6,9-10H,1-3,7-8,11H2. The van der Waals surface area contributed by atoms with Gasteiger partial charge in [-0.1, -0.05) is 15.9 Å². The maximum absolute atomic E-state index is 12.3. The van der Waals surface area contributed by atoms with Crippen LogP contribution in [0.2, 0.25) is 0 Å². The molecule has 3 rings (SSSR count). The lowest BCUT2D eigenvalue weighted by Crippen LogP contribution is -2.37. The molecule has 0 saturated carbocycles. The lowest BCUT2D eigenvalue weighted by molar-refractivity contribution is -0.132. The summed E-state index contributed by atoms with van der Waals surface area (Å²) in [4.78, 5) is 14.3. The SMILES string of the molecule is O=C(Cn1ccc2cc(Br)ccc21)N1CCCCC1. The number of carbonyl (C=O) groups excluding carboxylic acids is 1. The molecule has 0 atom stereocenters. The molecule has 2 aromatic rings. The highest BCUT2D eigenvalue weighted by Gasteiger charge is 2.17. The molecule has 1 amide bonds. The molecule has 0 aliphatic carbocycles. The van der Waals surface area contributed by atoms with Crippen LogP contribution in [0.1, 0.15) is 19.3 Å². The molecular weight excluding hydrogens is 304 g/mol. The van der Waals surface area contributed by atoms with Crippen molar-refractivity contribution in [1.82, 2.24) is 9.47 Å². The van der Waals surface area contributed by atoms with Gasteiger partial charge in [0.15, 0.2) is 0 Å². The Labute approximate surface area is 121 Å². The van der Waals surface area contributed by atoms with E-state index in [1.807, 2.05) is 21.7 Å². The molecule has 19 heavy (non-hydrogen) atoms. The number of halogens is 1. The van der Waals surface area contributed by atoms with Gasteiger partial charge in [-0.2, -0.15) is 0 Å². The predicted molar refractivity (Wildman–Crippen MR) is 80.1 cm³/mol. The summed E-state index contributed by atoms with van der Waals surface area (Å²) < 4.78 is 3.11. The molecule has 1 aliphatic rings. The first-order valence-corrected chi connectivity index (χ1v) is 7.55. The second kappa shape index (κ2) is 5.37. The fourth-order valence-electron chi connectivity index (χ4n) is 2.70. The van der Waals surface area contributed by atoms with Gasteiger partial charge in [0, 0.05) is 34.7 Å². The van der Waals surface area contributed by atoms with E-state index in [4.69, 9.17) is 0 Å². The van der Waals surface area contributed by atoms with Gasteiger partial charge in [-0.25, -0.2) is 0 Å². The highest BCUT2D eigenvalue weighted by Crippen LogP contribution is 2.21. The zero-order valence-electron chi connectivity index (χ0n) is 10.8. The molecule has 1 aromatic carbocycles. The van der Waals surface area contributed by atoms with Crippen LogP contribution in [-0.4, -0.2) is 28.5 Å². The van der Waals surface area contributed by atoms with Gasteiger partial charge in [-0.15, -0.1) is 0 Å². The van der Waals surface area contributed by atoms with Crippen LogP contribution in [0.4, 0.5) is 0 Å². The van der Waals surface area contributed by atoms with Gasteiger partial charge in [0.2, 0.25) is 5.91 Å². The van der Waals surface area contributed by atoms with Gasteiger partial charge in [0.05, 0.1) is 0 Å². The number of likely N-dealkylation sites (tertiary alicyclic amines) is 1. The summed E-state index contributed by atoms with van der Waals surface area (Å²) >= 11 is 3.47. The highest BCUT2D eigenvalue weighted by molar-refractivity contribution is 9.10. The molecule has 1 aromatic heterocycles. The van der Waals surface area contributed by atoms with Crippen LogP contribution < -0.4 is 0 Å². The molecular formula is C15H17BrN2O. The van der Waals surface area contributed by atoms with E-state index in [9.17, 15) is 4.79 Å². The van der Waals surface area contributed by atoms with E-state index in [1.54, 1.807) is 0 Å². The number of nitrogens with zero attached hydrogens (tertiary/aromatic N) is 2. The number of amides is 1. The minimum atomic E-state index is 0.236. The number of rotatable bonds is 2. The van der Waals surface area contributed by atoms with Crippen molar-refractivity contribution in [3.63, 3.8) is 0 Å². The fourth-order valence-corrected chi connectivity index (χ4v) is 3.08. The van der Waals surface area contributed by atoms with Crippen LogP contribution in [0, 0.1) is 0 Å². The maximum Gasteiger partial charge on any atom is 0.242 e. The van der Waals surface area contributed by atoms with E-state index in [2.05, 4.69) is 34.1 Å². The van der Waals surface area contributed by atoms with Gasteiger partial charge in [0.25, 0.3) is 0 Å². The lowest BCUT2D eigenvalue weighted by atomic mass is 10.1. The van der Waals surface area contributed by atoms with Crippen molar-refractivity contribution >= 4 is 32.7 Å². The Balaban J connectivity index is 1.79. The van der Waals surface area contributed by atoms with Crippen molar-refractivity contribution < 1.29 is 4.79 Å². The second-order valence-corrected chi connectivity index (χ2v) is 6.00. The molecule has 2 heterocycles. The summed E-state index contributed by atoms with van der Waals surface area (Å²) in [5.41, 5.74) is 1.12. The minimum absolute atomic E-state index is 0.236. The Morgan fingerprint density at radius 2 is 1.95 bits per heavy atom. The summed E-state index contributed by atoms with van der Waals surface area (Å²) in [6.45, 7) is 2.29. The van der Waals surface area contributed by atoms with E-state index >= 15 is 0 Å². The van der Waals surface area contributed by atoms with Gasteiger partial charge in [0.1, 0.15) is 6.54 Å². The molecule has 1 aliphatic heterocycles. The number of benzene rings is 1. The van der Waals surface area contributed by atoms with Crippen molar-refractivity contribution in [3.05, 3.63) is 34.9 Å². The van der Waals surface area contributed by atoms with Gasteiger partial charge in [-0.3, -0.25) is 4.79 Å². The van der Waals surface area contributed by atoms with Crippen LogP contribution in [-0.2, 0) is 11.3 Å². The van der Waals surface area contributed by atoms with Crippen LogP contribution in [0.3, 0.4) is 0 Å². The van der Waals surface area contributed by atoms with Gasteiger partial charge in [-0.05, 0) is 43.5 Å². The Kier molecular flexibility index (Phi) is 3.60. The van der Waals surface area contributed by atoms with E-state index in [0.29, 0.717) is 6.54 Å². The van der Waals surface area contributed by atoms with Gasteiger partial charge >= 0.3 is 0 Å². The monoisotopic (exact) mass is 320 g/mol. The third-order valence-electron chi connectivity index (χ3n) is 3.75. The molecule has 1 fully saturated rings. The number of aromatic nitrogens is 1. The molecule has 0 spiro atoms. The van der Waals surface area contributed by atoms with E-state index < -0.39 is 0 Å². The molecule has 3 nitrogen and oxygen atoms in total. The summed E-state index contributed by atoms with van der Waals surface area (Å²) in [5.74, 6) is 0.236. The van der Waals surface area contributed by atoms with E-state index in [1.165, 1.54) is 11.8 Å². The van der Waals surface area contributed by atoms with Crippen molar-refractivity contribution in [2.24, 2.45) is 0 Å². The van der Waals surface area contributed by atoms with E-state index in [0.717, 1.165) is 35.9 Å². The average Bonchev–Trinajstić information content (AvgIpc) is 2.82. The lowest BCUT2D eigenvalue weighted by Gasteiger charge is -2.27. The Hall–Kier alpha value is -1.29. The summed E-state index contributed by atoms with van der Waals surface area (Å²) in [6.07, 6.45) is 5.54. The third kappa shape index (κ3) is 2.68. The molecule has 0 radical (unpaired) electrons. The number of carbonyl (C=O) groups is 1. The smallest absolute Gasteiger partial charge is 0.242 e. The number of piperidine rings is 1. The molecule has 4 heteroatoms. The highest BCUT2D eigenvalue weighted by atomic mass is 79.9. The molecule has 1 saturated heterocycles. The summed E-state index contributed by atoms with van der Waals surface area (Å²) in [6, 6.07) is 8.22. The number of fused-ring (bicyclic) bond motifs is 1. The quantitative estimate of drug-likeness (QED) is 0.832. The molecule has 0 unspecified atom stereocenters. The van der Waals surface area contributed by atoms with Gasteiger partial charge < -0.3 is 9.47 Å². The first-order valence-electron chi connectivity index (χ1n) is 6.76. The maximum atomic E-state index is 12.3. The average molecular weight is 321 g/mol. The largest absolute Gasteiger partial charge is 0.341 e. The first kappa shape index (κ1) is 12.7. The number of hydrogen-bond donors (Lipinski definition) is 0. The van der Waals surface area contributed by atoms with Crippen molar-refractivity contribution in [2.75, 3.05) is 13.1 Å². The minimum Gasteiger partial charge on any atom is -0.341 e. The van der Waals surface area contributed by atoms with Crippen LogP contribution in [0.25, 0.3) is 10.9 Å². The fraction of sp³-hybridized carbons (Fsp3) is 0.400. The van der Waals surface area contributed by atoms with Crippen LogP contribution in [0.15, 0.2) is 34.9 Å². The van der Waals surface area contributed by atoms with Crippen LogP contribution >= 0.6 is 15.9 Å². The zero-order valence-corrected chi connectivity index (χ0v) is 12.4. The molecule has 0 N–H and O–H groups in total. The predicted octanol–water partition coefficient (Wildman–Crippen LogP) is 3.42.